The number of carbonyl (C=O) groups excluding carboxylic acids is 1. The predicted molar refractivity (Wildman–Crippen MR) is 87.3 cm³/mol. The van der Waals surface area contributed by atoms with Crippen molar-refractivity contribution in [2.75, 3.05) is 28.6 Å². The second kappa shape index (κ2) is 6.60. The molecular formula is C16H18FN5O. The molecule has 1 aliphatic rings. The number of hydrogen-bond donors (Lipinski definition) is 2. The van der Waals surface area contributed by atoms with Gasteiger partial charge in [-0.15, -0.1) is 0 Å². The molecule has 0 aliphatic carbocycles. The van der Waals surface area contributed by atoms with Gasteiger partial charge in [-0.2, -0.15) is 0 Å². The zero-order valence-electron chi connectivity index (χ0n) is 12.8. The Labute approximate surface area is 133 Å². The molecule has 0 radical (unpaired) electrons. The number of nitrogens with zero attached hydrogens (tertiary/aromatic N) is 3. The number of aromatic nitrogens is 2. The molecular weight excluding hydrogens is 297 g/mol. The van der Waals surface area contributed by atoms with Crippen LogP contribution in [0, 0.1) is 12.7 Å². The molecule has 7 heteroatoms. The van der Waals surface area contributed by atoms with Gasteiger partial charge >= 0.3 is 6.03 Å². The smallest absolute Gasteiger partial charge is 0.324 e. The van der Waals surface area contributed by atoms with Crippen LogP contribution in [-0.4, -0.2) is 29.1 Å². The summed E-state index contributed by atoms with van der Waals surface area (Å²) in [5, 5.41) is 5.22. The van der Waals surface area contributed by atoms with E-state index in [0.29, 0.717) is 17.1 Å². The van der Waals surface area contributed by atoms with Gasteiger partial charge in [0, 0.05) is 24.8 Å². The van der Waals surface area contributed by atoms with Crippen LogP contribution in [0.25, 0.3) is 0 Å². The van der Waals surface area contributed by atoms with E-state index >= 15 is 0 Å². The normalized spacial score (nSPS) is 13.9. The number of urea groups is 1. The highest BCUT2D eigenvalue weighted by atomic mass is 19.1. The van der Waals surface area contributed by atoms with Gasteiger partial charge in [0.05, 0.1) is 0 Å². The van der Waals surface area contributed by atoms with Crippen molar-refractivity contribution >= 4 is 23.4 Å². The van der Waals surface area contributed by atoms with Crippen molar-refractivity contribution in [2.24, 2.45) is 0 Å². The Bertz CT molecular complexity index is 715. The topological polar surface area (TPSA) is 70.2 Å². The standard InChI is InChI=1S/C16H18FN5O/c1-11-4-5-12(8-13(11)17)20-16(23)21-14-9-15(19-10-18-14)22-6-2-3-7-22/h4-5,8-10H,2-3,6-7H2,1H3,(H2,18,19,20,21,23). The van der Waals surface area contributed by atoms with Crippen molar-refractivity contribution in [3.8, 4) is 0 Å². The van der Waals surface area contributed by atoms with Crippen molar-refractivity contribution in [3.05, 3.63) is 42.0 Å². The van der Waals surface area contributed by atoms with Crippen LogP contribution in [0.2, 0.25) is 0 Å². The molecule has 2 N–H and O–H groups in total. The average Bonchev–Trinajstić information content (AvgIpc) is 3.05. The molecule has 120 valence electrons. The Balaban J connectivity index is 1.65. The molecule has 0 unspecified atom stereocenters. The molecule has 1 aromatic carbocycles. The monoisotopic (exact) mass is 315 g/mol. The van der Waals surface area contributed by atoms with E-state index in [0.717, 1.165) is 31.7 Å². The molecule has 1 aliphatic heterocycles. The van der Waals surface area contributed by atoms with Gasteiger partial charge in [0.15, 0.2) is 0 Å². The Kier molecular flexibility index (Phi) is 4.36. The summed E-state index contributed by atoms with van der Waals surface area (Å²) in [6, 6.07) is 5.80. The third kappa shape index (κ3) is 3.74. The Hall–Kier alpha value is -2.70. The van der Waals surface area contributed by atoms with E-state index in [9.17, 15) is 9.18 Å². The molecule has 3 rings (SSSR count). The maximum atomic E-state index is 13.5. The number of hydrogen-bond acceptors (Lipinski definition) is 4. The highest BCUT2D eigenvalue weighted by molar-refractivity contribution is 5.99. The van der Waals surface area contributed by atoms with Gasteiger partial charge in [-0.1, -0.05) is 6.07 Å². The fourth-order valence-corrected chi connectivity index (χ4v) is 2.48. The van der Waals surface area contributed by atoms with Crippen LogP contribution in [0.15, 0.2) is 30.6 Å². The van der Waals surface area contributed by atoms with Gasteiger partial charge in [0.1, 0.15) is 23.8 Å². The lowest BCUT2D eigenvalue weighted by Gasteiger charge is -2.16. The lowest BCUT2D eigenvalue weighted by atomic mass is 10.2. The summed E-state index contributed by atoms with van der Waals surface area (Å²) in [7, 11) is 0. The average molecular weight is 315 g/mol. The lowest BCUT2D eigenvalue weighted by molar-refractivity contribution is 0.262. The second-order valence-electron chi connectivity index (χ2n) is 5.50. The van der Waals surface area contributed by atoms with Crippen LogP contribution < -0.4 is 15.5 Å². The van der Waals surface area contributed by atoms with Crippen LogP contribution >= 0.6 is 0 Å². The molecule has 0 spiro atoms. The van der Waals surface area contributed by atoms with E-state index < -0.39 is 6.03 Å². The molecule has 2 aromatic rings. The molecule has 6 nitrogen and oxygen atoms in total. The summed E-state index contributed by atoms with van der Waals surface area (Å²) < 4.78 is 13.5. The predicted octanol–water partition coefficient (Wildman–Crippen LogP) is 3.17. The number of amides is 2. The maximum absolute atomic E-state index is 13.5. The molecule has 23 heavy (non-hydrogen) atoms. The third-order valence-corrected chi connectivity index (χ3v) is 3.75. The van der Waals surface area contributed by atoms with Crippen LogP contribution in [0.5, 0.6) is 0 Å². The van der Waals surface area contributed by atoms with E-state index in [-0.39, 0.29) is 5.82 Å². The molecule has 0 atom stereocenters. The molecule has 1 aromatic heterocycles. The maximum Gasteiger partial charge on any atom is 0.324 e. The summed E-state index contributed by atoms with van der Waals surface area (Å²) in [6.07, 6.45) is 3.72. The first kappa shape index (κ1) is 15.2. The Morgan fingerprint density at radius 3 is 2.70 bits per heavy atom. The van der Waals surface area contributed by atoms with Crippen LogP contribution in [-0.2, 0) is 0 Å². The molecule has 2 amide bonds. The molecule has 2 heterocycles. The number of aryl methyl sites for hydroxylation is 1. The largest absolute Gasteiger partial charge is 0.356 e. The van der Waals surface area contributed by atoms with Crippen molar-refractivity contribution < 1.29 is 9.18 Å². The van der Waals surface area contributed by atoms with Gasteiger partial charge in [-0.05, 0) is 37.5 Å². The van der Waals surface area contributed by atoms with Crippen molar-refractivity contribution in [3.63, 3.8) is 0 Å². The minimum Gasteiger partial charge on any atom is -0.356 e. The van der Waals surface area contributed by atoms with Gasteiger partial charge in [-0.25, -0.2) is 19.2 Å². The first-order valence-corrected chi connectivity index (χ1v) is 7.53. The summed E-state index contributed by atoms with van der Waals surface area (Å²) >= 11 is 0. The minimum atomic E-state index is -0.473. The number of nitrogens with one attached hydrogen (secondary N) is 2. The fraction of sp³-hybridized carbons (Fsp3) is 0.312. The molecule has 1 saturated heterocycles. The highest BCUT2D eigenvalue weighted by Crippen LogP contribution is 2.19. The van der Waals surface area contributed by atoms with E-state index in [1.807, 2.05) is 0 Å². The summed E-state index contributed by atoms with van der Waals surface area (Å²) in [4.78, 5) is 22.4. The Morgan fingerprint density at radius 2 is 1.96 bits per heavy atom. The van der Waals surface area contributed by atoms with E-state index in [2.05, 4.69) is 25.5 Å². The summed E-state index contributed by atoms with van der Waals surface area (Å²) in [5.74, 6) is 0.849. The van der Waals surface area contributed by atoms with Crippen LogP contribution in [0.1, 0.15) is 18.4 Å². The van der Waals surface area contributed by atoms with Gasteiger partial charge in [0.25, 0.3) is 0 Å². The first-order valence-electron chi connectivity index (χ1n) is 7.53. The fourth-order valence-electron chi connectivity index (χ4n) is 2.48. The third-order valence-electron chi connectivity index (χ3n) is 3.75. The van der Waals surface area contributed by atoms with Gasteiger partial charge in [0.2, 0.25) is 0 Å². The van der Waals surface area contributed by atoms with E-state index in [4.69, 9.17) is 0 Å². The van der Waals surface area contributed by atoms with E-state index in [1.165, 1.54) is 12.4 Å². The number of anilines is 3. The van der Waals surface area contributed by atoms with Crippen molar-refractivity contribution in [1.82, 2.24) is 9.97 Å². The van der Waals surface area contributed by atoms with Crippen LogP contribution in [0.3, 0.4) is 0 Å². The van der Waals surface area contributed by atoms with Gasteiger partial charge in [-0.3, -0.25) is 5.32 Å². The van der Waals surface area contributed by atoms with Crippen molar-refractivity contribution in [2.45, 2.75) is 19.8 Å². The SMILES string of the molecule is Cc1ccc(NC(=O)Nc2cc(N3CCCC3)ncn2)cc1F. The molecule has 0 saturated carbocycles. The number of halogens is 1. The molecule has 1 fully saturated rings. The second-order valence-corrected chi connectivity index (χ2v) is 5.50. The summed E-state index contributed by atoms with van der Waals surface area (Å²) in [5.41, 5.74) is 0.918. The molecule has 0 bridgehead atoms. The zero-order valence-corrected chi connectivity index (χ0v) is 12.8. The quantitative estimate of drug-likeness (QED) is 0.913. The van der Waals surface area contributed by atoms with Gasteiger partial charge < -0.3 is 10.2 Å². The number of rotatable bonds is 3. The number of carbonyl (C=O) groups is 1. The summed E-state index contributed by atoms with van der Waals surface area (Å²) in [6.45, 7) is 3.59. The zero-order chi connectivity index (χ0) is 16.2. The van der Waals surface area contributed by atoms with Crippen molar-refractivity contribution in [1.29, 1.82) is 0 Å². The van der Waals surface area contributed by atoms with Crippen LogP contribution in [0.4, 0.5) is 26.5 Å². The minimum absolute atomic E-state index is 0.360. The Morgan fingerprint density at radius 1 is 1.17 bits per heavy atom. The highest BCUT2D eigenvalue weighted by Gasteiger charge is 2.14. The first-order chi connectivity index (χ1) is 11.1. The van der Waals surface area contributed by atoms with E-state index in [1.54, 1.807) is 25.1 Å². The number of benzene rings is 1. The lowest BCUT2D eigenvalue weighted by Crippen LogP contribution is -2.22.